The molecule has 0 unspecified atom stereocenters. The molecule has 1 amide bonds. The summed E-state index contributed by atoms with van der Waals surface area (Å²) in [6, 6.07) is 11.9. The van der Waals surface area contributed by atoms with Crippen LogP contribution in [0.1, 0.15) is 20.7 Å². The maximum atomic E-state index is 12.4. The predicted octanol–water partition coefficient (Wildman–Crippen LogP) is 3.38. The molecule has 8 heteroatoms. The van der Waals surface area contributed by atoms with Crippen molar-refractivity contribution in [2.24, 2.45) is 0 Å². The number of halogens is 1. The average molecular weight is 416 g/mol. The second-order valence-corrected chi connectivity index (χ2v) is 6.21. The number of para-hydroxylation sites is 1. The molecule has 3 aromatic rings. The SMILES string of the molecule is COC(=O)c1cccc(NC(=O)c2cnn(-c3ccc(Br)cc3)c2)c1O. The number of rotatable bonds is 4. The number of benzene rings is 2. The molecule has 26 heavy (non-hydrogen) atoms. The first-order valence-electron chi connectivity index (χ1n) is 7.52. The fourth-order valence-electron chi connectivity index (χ4n) is 2.29. The Morgan fingerprint density at radius 3 is 2.62 bits per heavy atom. The second kappa shape index (κ2) is 7.40. The van der Waals surface area contributed by atoms with E-state index in [2.05, 4.69) is 31.1 Å². The van der Waals surface area contributed by atoms with Crippen LogP contribution in [-0.2, 0) is 4.74 Å². The molecule has 3 rings (SSSR count). The van der Waals surface area contributed by atoms with E-state index < -0.39 is 11.9 Å². The molecule has 2 aromatic carbocycles. The van der Waals surface area contributed by atoms with Gasteiger partial charge in [-0.05, 0) is 36.4 Å². The Bertz CT molecular complexity index is 967. The molecule has 0 aliphatic heterocycles. The van der Waals surface area contributed by atoms with Crippen molar-refractivity contribution in [2.75, 3.05) is 12.4 Å². The first-order valence-corrected chi connectivity index (χ1v) is 8.31. The van der Waals surface area contributed by atoms with Gasteiger partial charge in [0.2, 0.25) is 0 Å². The summed E-state index contributed by atoms with van der Waals surface area (Å²) in [5.74, 6) is -1.51. The molecule has 0 fully saturated rings. The number of methoxy groups -OCH3 is 1. The number of anilines is 1. The number of hydrogen-bond donors (Lipinski definition) is 2. The van der Waals surface area contributed by atoms with E-state index in [1.165, 1.54) is 31.5 Å². The van der Waals surface area contributed by atoms with E-state index in [1.807, 2.05) is 24.3 Å². The van der Waals surface area contributed by atoms with Crippen LogP contribution in [-0.4, -0.2) is 33.9 Å². The van der Waals surface area contributed by atoms with Gasteiger partial charge >= 0.3 is 5.97 Å². The van der Waals surface area contributed by atoms with E-state index in [-0.39, 0.29) is 17.0 Å². The van der Waals surface area contributed by atoms with E-state index in [1.54, 1.807) is 10.9 Å². The Labute approximate surface area is 157 Å². The predicted molar refractivity (Wildman–Crippen MR) is 98.7 cm³/mol. The topological polar surface area (TPSA) is 93.5 Å². The van der Waals surface area contributed by atoms with Crippen LogP contribution < -0.4 is 5.32 Å². The van der Waals surface area contributed by atoms with Crippen molar-refractivity contribution in [1.82, 2.24) is 9.78 Å². The maximum absolute atomic E-state index is 12.4. The van der Waals surface area contributed by atoms with Crippen molar-refractivity contribution in [3.63, 3.8) is 0 Å². The Morgan fingerprint density at radius 2 is 1.92 bits per heavy atom. The number of phenols is 1. The van der Waals surface area contributed by atoms with Crippen molar-refractivity contribution in [2.45, 2.75) is 0 Å². The number of aromatic nitrogens is 2. The molecule has 2 N–H and O–H groups in total. The van der Waals surface area contributed by atoms with Gasteiger partial charge in [-0.3, -0.25) is 4.79 Å². The molecule has 0 bridgehead atoms. The third kappa shape index (κ3) is 3.60. The van der Waals surface area contributed by atoms with E-state index in [4.69, 9.17) is 0 Å². The zero-order chi connectivity index (χ0) is 18.7. The summed E-state index contributed by atoms with van der Waals surface area (Å²) in [6.45, 7) is 0. The number of phenolic OH excluding ortho intramolecular Hbond substituents is 1. The highest BCUT2D eigenvalue weighted by Gasteiger charge is 2.17. The van der Waals surface area contributed by atoms with Gasteiger partial charge in [0.05, 0.1) is 30.2 Å². The zero-order valence-electron chi connectivity index (χ0n) is 13.6. The molecule has 0 atom stereocenters. The molecular formula is C18H14BrN3O4. The number of nitrogens with one attached hydrogen (secondary N) is 1. The van der Waals surface area contributed by atoms with Gasteiger partial charge in [0, 0.05) is 10.7 Å². The van der Waals surface area contributed by atoms with Crippen molar-refractivity contribution >= 4 is 33.5 Å². The number of carbonyl (C=O) groups excluding carboxylic acids is 2. The van der Waals surface area contributed by atoms with E-state index >= 15 is 0 Å². The summed E-state index contributed by atoms with van der Waals surface area (Å²) in [5, 5.41) is 16.9. The van der Waals surface area contributed by atoms with Gasteiger partial charge in [-0.25, -0.2) is 9.48 Å². The van der Waals surface area contributed by atoms with Crippen molar-refractivity contribution < 1.29 is 19.4 Å². The van der Waals surface area contributed by atoms with Gasteiger partial charge in [-0.15, -0.1) is 0 Å². The van der Waals surface area contributed by atoms with Gasteiger partial charge < -0.3 is 15.2 Å². The third-order valence-corrected chi connectivity index (χ3v) is 4.15. The normalized spacial score (nSPS) is 10.4. The Balaban J connectivity index is 1.81. The third-order valence-electron chi connectivity index (χ3n) is 3.63. The lowest BCUT2D eigenvalue weighted by Crippen LogP contribution is -2.12. The highest BCUT2D eigenvalue weighted by Crippen LogP contribution is 2.28. The van der Waals surface area contributed by atoms with Crippen molar-refractivity contribution in [1.29, 1.82) is 0 Å². The Kier molecular flexibility index (Phi) is 5.04. The van der Waals surface area contributed by atoms with Crippen LogP contribution in [0.5, 0.6) is 5.75 Å². The highest BCUT2D eigenvalue weighted by molar-refractivity contribution is 9.10. The summed E-state index contributed by atoms with van der Waals surface area (Å²) in [4.78, 5) is 24.0. The molecule has 0 aliphatic carbocycles. The van der Waals surface area contributed by atoms with Crippen LogP contribution in [0.25, 0.3) is 5.69 Å². The Hall–Kier alpha value is -3.13. The molecule has 0 radical (unpaired) electrons. The minimum Gasteiger partial charge on any atom is -0.505 e. The summed E-state index contributed by atoms with van der Waals surface area (Å²) in [5.41, 5.74) is 1.17. The van der Waals surface area contributed by atoms with Gasteiger partial charge in [-0.2, -0.15) is 5.10 Å². The van der Waals surface area contributed by atoms with Crippen LogP contribution in [0.4, 0.5) is 5.69 Å². The summed E-state index contributed by atoms with van der Waals surface area (Å²) in [7, 11) is 1.21. The monoisotopic (exact) mass is 415 g/mol. The van der Waals surface area contributed by atoms with E-state index in [0.717, 1.165) is 10.2 Å². The molecule has 0 saturated carbocycles. The maximum Gasteiger partial charge on any atom is 0.341 e. The van der Waals surface area contributed by atoms with Gasteiger partial charge in [-0.1, -0.05) is 22.0 Å². The van der Waals surface area contributed by atoms with Crippen molar-refractivity contribution in [3.8, 4) is 11.4 Å². The first kappa shape index (κ1) is 17.7. The highest BCUT2D eigenvalue weighted by atomic mass is 79.9. The molecule has 0 aliphatic rings. The zero-order valence-corrected chi connectivity index (χ0v) is 15.2. The smallest absolute Gasteiger partial charge is 0.341 e. The fraction of sp³-hybridized carbons (Fsp3) is 0.0556. The minimum absolute atomic E-state index is 0.0316. The van der Waals surface area contributed by atoms with E-state index in [0.29, 0.717) is 5.56 Å². The summed E-state index contributed by atoms with van der Waals surface area (Å²) < 4.78 is 7.09. The number of aromatic hydroxyl groups is 1. The minimum atomic E-state index is -0.693. The van der Waals surface area contributed by atoms with Crippen LogP contribution in [0.2, 0.25) is 0 Å². The van der Waals surface area contributed by atoms with E-state index in [9.17, 15) is 14.7 Å². The van der Waals surface area contributed by atoms with Crippen LogP contribution in [0, 0.1) is 0 Å². The van der Waals surface area contributed by atoms with Gasteiger partial charge in [0.15, 0.2) is 5.75 Å². The lowest BCUT2D eigenvalue weighted by atomic mass is 10.1. The number of hydrogen-bond acceptors (Lipinski definition) is 5. The van der Waals surface area contributed by atoms with Crippen LogP contribution in [0.15, 0.2) is 59.3 Å². The van der Waals surface area contributed by atoms with Crippen molar-refractivity contribution in [3.05, 3.63) is 70.5 Å². The molecule has 1 heterocycles. The quantitative estimate of drug-likeness (QED) is 0.503. The first-order chi connectivity index (χ1) is 12.5. The summed E-state index contributed by atoms with van der Waals surface area (Å²) in [6.07, 6.45) is 2.98. The van der Waals surface area contributed by atoms with Crippen LogP contribution in [0.3, 0.4) is 0 Å². The molecule has 1 aromatic heterocycles. The number of esters is 1. The number of nitrogens with zero attached hydrogens (tertiary/aromatic N) is 2. The number of ether oxygens (including phenoxy) is 1. The molecule has 132 valence electrons. The molecule has 0 saturated heterocycles. The van der Waals surface area contributed by atoms with Gasteiger partial charge in [0.25, 0.3) is 5.91 Å². The van der Waals surface area contributed by atoms with Crippen LogP contribution >= 0.6 is 15.9 Å². The number of amides is 1. The largest absolute Gasteiger partial charge is 0.505 e. The molecule has 0 spiro atoms. The average Bonchev–Trinajstić information content (AvgIpc) is 3.13. The standard InChI is InChI=1S/C18H14BrN3O4/c1-26-18(25)14-3-2-4-15(16(14)23)21-17(24)11-9-20-22(10-11)13-7-5-12(19)6-8-13/h2-10,23H,1H3,(H,21,24). The second-order valence-electron chi connectivity index (χ2n) is 5.30. The number of carbonyl (C=O) groups is 2. The summed E-state index contributed by atoms with van der Waals surface area (Å²) >= 11 is 3.36. The molecular weight excluding hydrogens is 402 g/mol. The molecule has 7 nitrogen and oxygen atoms in total. The van der Waals surface area contributed by atoms with Gasteiger partial charge in [0.1, 0.15) is 5.56 Å². The lowest BCUT2D eigenvalue weighted by molar-refractivity contribution is 0.0597. The Morgan fingerprint density at radius 1 is 1.19 bits per heavy atom. The fourth-order valence-corrected chi connectivity index (χ4v) is 2.55. The lowest BCUT2D eigenvalue weighted by Gasteiger charge is -2.09.